The highest BCUT2D eigenvalue weighted by atomic mass is 16.3. The molecular formula is C24H40O3. The van der Waals surface area contributed by atoms with E-state index in [1.807, 2.05) is 6.07 Å². The number of unbranched alkanes of at least 4 members (excludes halogenated alkanes) is 8. The van der Waals surface area contributed by atoms with Gasteiger partial charge in [0.15, 0.2) is 11.5 Å². The van der Waals surface area contributed by atoms with Crippen LogP contribution in [0.1, 0.15) is 108 Å². The van der Waals surface area contributed by atoms with Gasteiger partial charge in [0, 0.05) is 0 Å². The third-order valence-corrected chi connectivity index (χ3v) is 6.19. The maximum absolute atomic E-state index is 10.3. The van der Waals surface area contributed by atoms with Crippen molar-refractivity contribution < 1.29 is 15.3 Å². The topological polar surface area (TPSA) is 60.7 Å². The molecule has 3 N–H and O–H groups in total. The average Bonchev–Trinajstić information content (AvgIpc) is 2.69. The Hall–Kier alpha value is -1.38. The fourth-order valence-electron chi connectivity index (χ4n) is 4.44. The predicted octanol–water partition coefficient (Wildman–Crippen LogP) is 7.00. The Morgan fingerprint density at radius 2 is 1.26 bits per heavy atom. The first-order valence-electron chi connectivity index (χ1n) is 11.4. The van der Waals surface area contributed by atoms with Crippen LogP contribution >= 0.6 is 0 Å². The van der Waals surface area contributed by atoms with Gasteiger partial charge in [0.1, 0.15) is 0 Å². The molecule has 0 radical (unpaired) electrons. The first-order valence-corrected chi connectivity index (χ1v) is 11.4. The zero-order chi connectivity index (χ0) is 19.5. The van der Waals surface area contributed by atoms with Gasteiger partial charge in [-0.3, -0.25) is 0 Å². The van der Waals surface area contributed by atoms with E-state index in [2.05, 4.69) is 6.92 Å². The summed E-state index contributed by atoms with van der Waals surface area (Å²) in [4.78, 5) is 0. The summed E-state index contributed by atoms with van der Waals surface area (Å²) in [6.07, 6.45) is 19.2. The van der Waals surface area contributed by atoms with Crippen LogP contribution in [-0.2, 0) is 12.8 Å². The molecule has 0 amide bonds. The number of phenols is 3. The Morgan fingerprint density at radius 1 is 0.704 bits per heavy atom. The number of rotatable bonds is 12. The molecule has 1 aliphatic rings. The Morgan fingerprint density at radius 3 is 1.89 bits per heavy atom. The molecule has 27 heavy (non-hydrogen) atoms. The molecule has 0 spiro atoms. The lowest BCUT2D eigenvalue weighted by Gasteiger charge is -2.22. The van der Waals surface area contributed by atoms with Crippen LogP contribution in [0.5, 0.6) is 17.2 Å². The van der Waals surface area contributed by atoms with Crippen LogP contribution in [0, 0.1) is 5.92 Å². The fourth-order valence-corrected chi connectivity index (χ4v) is 4.44. The van der Waals surface area contributed by atoms with Gasteiger partial charge in [-0.1, -0.05) is 90.4 Å². The van der Waals surface area contributed by atoms with Crippen molar-refractivity contribution in [2.24, 2.45) is 5.92 Å². The van der Waals surface area contributed by atoms with Crippen molar-refractivity contribution in [2.75, 3.05) is 0 Å². The van der Waals surface area contributed by atoms with Crippen LogP contribution in [0.4, 0.5) is 0 Å². The zero-order valence-electron chi connectivity index (χ0n) is 17.3. The molecule has 1 aromatic carbocycles. The SMILES string of the molecule is CCCCCCCCCCCc1cc(CC2CCCCC2)c(O)c(O)c1O. The Balaban J connectivity index is 1.79. The molecule has 0 aliphatic heterocycles. The Bertz CT molecular complexity index is 547. The first kappa shape index (κ1) is 21.9. The van der Waals surface area contributed by atoms with Gasteiger partial charge in [-0.05, 0) is 42.4 Å². The zero-order valence-corrected chi connectivity index (χ0v) is 17.3. The highest BCUT2D eigenvalue weighted by molar-refractivity contribution is 5.57. The van der Waals surface area contributed by atoms with E-state index in [1.165, 1.54) is 77.0 Å². The largest absolute Gasteiger partial charge is 0.504 e. The Kier molecular flexibility index (Phi) is 9.86. The molecular weight excluding hydrogens is 336 g/mol. The summed E-state index contributed by atoms with van der Waals surface area (Å²) in [6.45, 7) is 2.25. The monoisotopic (exact) mass is 376 g/mol. The van der Waals surface area contributed by atoms with Crippen molar-refractivity contribution in [1.82, 2.24) is 0 Å². The third-order valence-electron chi connectivity index (χ3n) is 6.19. The lowest BCUT2D eigenvalue weighted by Crippen LogP contribution is -2.09. The third kappa shape index (κ3) is 7.27. The first-order chi connectivity index (χ1) is 13.1. The summed E-state index contributed by atoms with van der Waals surface area (Å²) in [5, 5.41) is 30.6. The van der Waals surface area contributed by atoms with Crippen LogP contribution in [-0.4, -0.2) is 15.3 Å². The number of aromatic hydroxyl groups is 3. The molecule has 0 bridgehead atoms. The van der Waals surface area contributed by atoms with Gasteiger partial charge in [-0.2, -0.15) is 0 Å². The minimum absolute atomic E-state index is 0.117. The van der Waals surface area contributed by atoms with Crippen molar-refractivity contribution in [3.05, 3.63) is 17.2 Å². The molecule has 0 unspecified atom stereocenters. The van der Waals surface area contributed by atoms with Gasteiger partial charge < -0.3 is 15.3 Å². The summed E-state index contributed by atoms with van der Waals surface area (Å²) in [7, 11) is 0. The fraction of sp³-hybridized carbons (Fsp3) is 0.750. The molecule has 0 atom stereocenters. The molecule has 1 saturated carbocycles. The number of benzene rings is 1. The van der Waals surface area contributed by atoms with Crippen molar-refractivity contribution in [1.29, 1.82) is 0 Å². The van der Waals surface area contributed by atoms with E-state index >= 15 is 0 Å². The number of phenolic OH excluding ortho intramolecular Hbond substituents is 3. The molecule has 3 heteroatoms. The molecule has 154 valence electrons. The second-order valence-electron chi connectivity index (χ2n) is 8.53. The molecule has 1 aliphatic carbocycles. The smallest absolute Gasteiger partial charge is 0.200 e. The summed E-state index contributed by atoms with van der Waals surface area (Å²) < 4.78 is 0. The van der Waals surface area contributed by atoms with Crippen LogP contribution < -0.4 is 0 Å². The molecule has 0 aromatic heterocycles. The van der Waals surface area contributed by atoms with Gasteiger partial charge in [0.05, 0.1) is 0 Å². The van der Waals surface area contributed by atoms with Crippen molar-refractivity contribution in [2.45, 2.75) is 110 Å². The summed E-state index contributed by atoms with van der Waals surface area (Å²) in [5.74, 6) is 0.0248. The summed E-state index contributed by atoms with van der Waals surface area (Å²) >= 11 is 0. The average molecular weight is 377 g/mol. The van der Waals surface area contributed by atoms with Crippen molar-refractivity contribution in [3.8, 4) is 17.2 Å². The predicted molar refractivity (Wildman–Crippen MR) is 113 cm³/mol. The van der Waals surface area contributed by atoms with Crippen molar-refractivity contribution in [3.63, 3.8) is 0 Å². The maximum atomic E-state index is 10.3. The molecule has 0 saturated heterocycles. The van der Waals surface area contributed by atoms with E-state index in [4.69, 9.17) is 0 Å². The second-order valence-corrected chi connectivity index (χ2v) is 8.53. The number of aryl methyl sites for hydroxylation is 1. The van der Waals surface area contributed by atoms with E-state index in [1.54, 1.807) is 0 Å². The molecule has 2 rings (SSSR count). The van der Waals surface area contributed by atoms with E-state index in [0.717, 1.165) is 36.8 Å². The number of hydrogen-bond acceptors (Lipinski definition) is 3. The quantitative estimate of drug-likeness (QED) is 0.272. The highest BCUT2D eigenvalue weighted by Gasteiger charge is 2.20. The lowest BCUT2D eigenvalue weighted by molar-refractivity contribution is 0.339. The molecule has 0 heterocycles. The van der Waals surface area contributed by atoms with Crippen LogP contribution in [0.15, 0.2) is 6.07 Å². The molecule has 1 aromatic rings. The lowest BCUT2D eigenvalue weighted by atomic mass is 9.84. The van der Waals surface area contributed by atoms with Gasteiger partial charge in [0.25, 0.3) is 0 Å². The second kappa shape index (κ2) is 12.2. The summed E-state index contributed by atoms with van der Waals surface area (Å²) in [6, 6.07) is 1.93. The van der Waals surface area contributed by atoms with Crippen LogP contribution in [0.25, 0.3) is 0 Å². The van der Waals surface area contributed by atoms with E-state index in [-0.39, 0.29) is 17.2 Å². The van der Waals surface area contributed by atoms with Gasteiger partial charge in [-0.25, -0.2) is 0 Å². The van der Waals surface area contributed by atoms with Gasteiger partial charge >= 0.3 is 0 Å². The molecule has 3 nitrogen and oxygen atoms in total. The minimum atomic E-state index is -0.325. The van der Waals surface area contributed by atoms with Crippen LogP contribution in [0.2, 0.25) is 0 Å². The summed E-state index contributed by atoms with van der Waals surface area (Å²) in [5.41, 5.74) is 1.60. The normalized spacial score (nSPS) is 15.3. The standard InChI is InChI=1S/C24H40O3/c1-2-3-4-5-6-7-8-9-13-16-20-18-21(23(26)24(27)22(20)25)17-19-14-11-10-12-15-19/h18-19,25-27H,2-17H2,1H3. The van der Waals surface area contributed by atoms with E-state index in [0.29, 0.717) is 5.92 Å². The van der Waals surface area contributed by atoms with Gasteiger partial charge in [0.2, 0.25) is 5.75 Å². The van der Waals surface area contributed by atoms with Crippen molar-refractivity contribution >= 4 is 0 Å². The van der Waals surface area contributed by atoms with Gasteiger partial charge in [-0.15, -0.1) is 0 Å². The molecule has 1 fully saturated rings. The Labute approximate surface area is 165 Å². The maximum Gasteiger partial charge on any atom is 0.200 e. The number of hydrogen-bond donors (Lipinski definition) is 3. The van der Waals surface area contributed by atoms with E-state index in [9.17, 15) is 15.3 Å². The van der Waals surface area contributed by atoms with Crippen LogP contribution in [0.3, 0.4) is 0 Å². The highest BCUT2D eigenvalue weighted by Crippen LogP contribution is 2.42. The minimum Gasteiger partial charge on any atom is -0.504 e. The van der Waals surface area contributed by atoms with E-state index < -0.39 is 0 Å².